The van der Waals surface area contributed by atoms with Crippen molar-refractivity contribution in [3.63, 3.8) is 0 Å². The first-order valence-electron chi connectivity index (χ1n) is 9.08. The van der Waals surface area contributed by atoms with Gasteiger partial charge in [-0.2, -0.15) is 0 Å². The molecule has 8 heteroatoms. The molecule has 0 aliphatic carbocycles. The molecule has 1 atom stereocenters. The first-order valence-corrected chi connectivity index (χ1v) is 9.90. The van der Waals surface area contributed by atoms with Crippen molar-refractivity contribution in [2.45, 2.75) is 12.3 Å². The molecule has 0 radical (unpaired) electrons. The van der Waals surface area contributed by atoms with Gasteiger partial charge in [0, 0.05) is 50.8 Å². The molecule has 146 valence electrons. The number of carbonyl (C=O) groups excluding carboxylic acids is 2. The highest BCUT2D eigenvalue weighted by Crippen LogP contribution is 2.39. The predicted octanol–water partition coefficient (Wildman–Crippen LogP) is 1.55. The van der Waals surface area contributed by atoms with Crippen molar-refractivity contribution in [3.8, 4) is 0 Å². The number of likely N-dealkylation sites (N-methyl/N-ethyl adjacent to an activating group) is 1. The largest absolute Gasteiger partial charge is 0.375 e. The molecule has 0 bridgehead atoms. The van der Waals surface area contributed by atoms with Gasteiger partial charge in [-0.05, 0) is 32.1 Å². The maximum absolute atomic E-state index is 12.8. The van der Waals surface area contributed by atoms with Gasteiger partial charge in [-0.1, -0.05) is 6.07 Å². The normalized spacial score (nSPS) is 17.0. The minimum Gasteiger partial charge on any atom is -0.375 e. The maximum atomic E-state index is 12.8. The topological polar surface area (TPSA) is 74.8 Å². The van der Waals surface area contributed by atoms with E-state index in [9.17, 15) is 9.59 Å². The number of likely N-dealkylation sites (tertiary alicyclic amines) is 1. The second-order valence-electron chi connectivity index (χ2n) is 7.02. The smallest absolute Gasteiger partial charge is 0.261 e. The van der Waals surface area contributed by atoms with Gasteiger partial charge in [-0.25, -0.2) is 4.98 Å². The number of methoxy groups -OCH3 is 1. The van der Waals surface area contributed by atoms with Crippen LogP contribution in [0.3, 0.4) is 0 Å². The van der Waals surface area contributed by atoms with Crippen LogP contribution in [0, 0.1) is 0 Å². The van der Waals surface area contributed by atoms with Crippen LogP contribution in [0.2, 0.25) is 0 Å². The van der Waals surface area contributed by atoms with Crippen LogP contribution in [-0.2, 0) is 9.53 Å². The predicted molar refractivity (Wildman–Crippen MR) is 106 cm³/mol. The SMILES string of the molecule is COCC(=O)N1CCC(c2c(C(=O)NCCN(C)C)sc3ncccc23)C1. The lowest BCUT2D eigenvalue weighted by atomic mass is 9.95. The number of fused-ring (bicyclic) bond motifs is 1. The number of pyridine rings is 1. The van der Waals surface area contributed by atoms with Crippen LogP contribution >= 0.6 is 11.3 Å². The summed E-state index contributed by atoms with van der Waals surface area (Å²) in [5, 5.41) is 4.03. The van der Waals surface area contributed by atoms with Crippen molar-refractivity contribution in [3.05, 3.63) is 28.8 Å². The third-order valence-electron chi connectivity index (χ3n) is 4.77. The van der Waals surface area contributed by atoms with Gasteiger partial charge in [-0.3, -0.25) is 9.59 Å². The molecule has 1 aliphatic heterocycles. The lowest BCUT2D eigenvalue weighted by Gasteiger charge is -2.17. The van der Waals surface area contributed by atoms with Crippen molar-refractivity contribution < 1.29 is 14.3 Å². The lowest BCUT2D eigenvalue weighted by Crippen LogP contribution is -2.32. The highest BCUT2D eigenvalue weighted by atomic mass is 32.1. The summed E-state index contributed by atoms with van der Waals surface area (Å²) in [5.74, 6) is 0.0736. The highest BCUT2D eigenvalue weighted by Gasteiger charge is 2.32. The van der Waals surface area contributed by atoms with E-state index in [1.165, 1.54) is 18.4 Å². The molecule has 7 nitrogen and oxygen atoms in total. The van der Waals surface area contributed by atoms with Gasteiger partial charge in [0.15, 0.2) is 0 Å². The van der Waals surface area contributed by atoms with E-state index in [0.29, 0.717) is 24.5 Å². The Morgan fingerprint density at radius 1 is 1.44 bits per heavy atom. The van der Waals surface area contributed by atoms with Crippen molar-refractivity contribution in [1.82, 2.24) is 20.1 Å². The van der Waals surface area contributed by atoms with Gasteiger partial charge in [0.05, 0.1) is 4.88 Å². The van der Waals surface area contributed by atoms with Gasteiger partial charge in [0.25, 0.3) is 5.91 Å². The van der Waals surface area contributed by atoms with Crippen LogP contribution in [0.5, 0.6) is 0 Å². The van der Waals surface area contributed by atoms with E-state index in [4.69, 9.17) is 4.74 Å². The van der Waals surface area contributed by atoms with Crippen LogP contribution < -0.4 is 5.32 Å². The monoisotopic (exact) mass is 390 g/mol. The zero-order chi connectivity index (χ0) is 19.4. The standard InChI is InChI=1S/C19H26N4O3S/c1-22(2)10-8-20-18(25)17-16(14-5-4-7-21-19(14)27-17)13-6-9-23(11-13)15(24)12-26-3/h4-5,7,13H,6,8-12H2,1-3H3,(H,20,25). The van der Waals surface area contributed by atoms with Gasteiger partial charge < -0.3 is 19.9 Å². The molecular weight excluding hydrogens is 364 g/mol. The molecule has 3 rings (SSSR count). The Hall–Kier alpha value is -2.03. The average molecular weight is 391 g/mol. The molecule has 2 aromatic heterocycles. The fraction of sp³-hybridized carbons (Fsp3) is 0.526. The number of rotatable bonds is 7. The van der Waals surface area contributed by atoms with Crippen LogP contribution in [0.15, 0.2) is 18.3 Å². The molecular formula is C19H26N4O3S. The Balaban J connectivity index is 1.85. The number of nitrogens with one attached hydrogen (secondary N) is 1. The second kappa shape index (κ2) is 8.77. The third kappa shape index (κ3) is 4.45. The summed E-state index contributed by atoms with van der Waals surface area (Å²) >= 11 is 1.43. The highest BCUT2D eigenvalue weighted by molar-refractivity contribution is 7.20. The Labute approximate surface area is 163 Å². The van der Waals surface area contributed by atoms with Gasteiger partial charge >= 0.3 is 0 Å². The maximum Gasteiger partial charge on any atom is 0.261 e. The van der Waals surface area contributed by atoms with Crippen LogP contribution in [0.1, 0.15) is 27.6 Å². The number of aromatic nitrogens is 1. The quantitative estimate of drug-likeness (QED) is 0.776. The van der Waals surface area contributed by atoms with Crippen molar-refractivity contribution in [2.75, 3.05) is 54.0 Å². The number of hydrogen-bond acceptors (Lipinski definition) is 6. The molecule has 1 saturated heterocycles. The zero-order valence-electron chi connectivity index (χ0n) is 16.0. The molecule has 1 fully saturated rings. The number of hydrogen-bond donors (Lipinski definition) is 1. The van der Waals surface area contributed by atoms with Crippen molar-refractivity contribution in [2.24, 2.45) is 0 Å². The van der Waals surface area contributed by atoms with Gasteiger partial charge in [0.1, 0.15) is 11.4 Å². The molecule has 27 heavy (non-hydrogen) atoms. The Kier molecular flexibility index (Phi) is 6.41. The Morgan fingerprint density at radius 2 is 2.26 bits per heavy atom. The average Bonchev–Trinajstić information content (AvgIpc) is 3.26. The summed E-state index contributed by atoms with van der Waals surface area (Å²) in [6, 6.07) is 3.92. The third-order valence-corrected chi connectivity index (χ3v) is 5.90. The van der Waals surface area contributed by atoms with E-state index >= 15 is 0 Å². The minimum absolute atomic E-state index is 0.00496. The minimum atomic E-state index is -0.0588. The number of nitrogens with zero attached hydrogens (tertiary/aromatic N) is 3. The molecule has 1 unspecified atom stereocenters. The number of thiophene rings is 1. The molecule has 0 aromatic carbocycles. The van der Waals surface area contributed by atoms with E-state index in [1.807, 2.05) is 36.0 Å². The molecule has 1 N–H and O–H groups in total. The van der Waals surface area contributed by atoms with Crippen molar-refractivity contribution in [1.29, 1.82) is 0 Å². The summed E-state index contributed by atoms with van der Waals surface area (Å²) in [7, 11) is 5.48. The van der Waals surface area contributed by atoms with E-state index in [2.05, 4.69) is 10.3 Å². The molecule has 0 spiro atoms. The fourth-order valence-corrected chi connectivity index (χ4v) is 4.58. The zero-order valence-corrected chi connectivity index (χ0v) is 16.8. The number of amides is 2. The number of carbonyl (C=O) groups is 2. The molecule has 3 heterocycles. The molecule has 0 saturated carbocycles. The Bertz CT molecular complexity index is 820. The van der Waals surface area contributed by atoms with E-state index < -0.39 is 0 Å². The summed E-state index contributed by atoms with van der Waals surface area (Å²) < 4.78 is 4.97. The first kappa shape index (κ1) is 19.7. The molecule has 1 aliphatic rings. The summed E-state index contributed by atoms with van der Waals surface area (Å²) in [6.07, 6.45) is 2.59. The Morgan fingerprint density at radius 3 is 3.00 bits per heavy atom. The molecule has 2 amide bonds. The fourth-order valence-electron chi connectivity index (χ4n) is 3.44. The van der Waals surface area contributed by atoms with Gasteiger partial charge in [-0.15, -0.1) is 11.3 Å². The number of ether oxygens (including phenoxy) is 1. The first-order chi connectivity index (χ1) is 13.0. The van der Waals surface area contributed by atoms with Gasteiger partial charge in [0.2, 0.25) is 5.91 Å². The second-order valence-corrected chi connectivity index (χ2v) is 8.02. The van der Waals surface area contributed by atoms with E-state index in [1.54, 1.807) is 6.20 Å². The summed E-state index contributed by atoms with van der Waals surface area (Å²) in [5.41, 5.74) is 1.03. The lowest BCUT2D eigenvalue weighted by molar-refractivity contribution is -0.134. The van der Waals surface area contributed by atoms with E-state index in [0.717, 1.165) is 28.7 Å². The van der Waals surface area contributed by atoms with Crippen LogP contribution in [0.25, 0.3) is 10.2 Å². The molecule has 2 aromatic rings. The summed E-state index contributed by atoms with van der Waals surface area (Å²) in [4.78, 5) is 34.9. The van der Waals surface area contributed by atoms with Crippen LogP contribution in [0.4, 0.5) is 0 Å². The summed E-state index contributed by atoms with van der Waals surface area (Å²) in [6.45, 7) is 2.77. The van der Waals surface area contributed by atoms with Crippen LogP contribution in [-0.4, -0.2) is 80.6 Å². The van der Waals surface area contributed by atoms with Crippen molar-refractivity contribution >= 4 is 33.4 Å². The van der Waals surface area contributed by atoms with E-state index in [-0.39, 0.29) is 24.3 Å².